The zero-order valence-corrected chi connectivity index (χ0v) is 24.2. The molecule has 0 aliphatic rings. The molecule has 0 aliphatic carbocycles. The Bertz CT molecular complexity index is 1540. The Labute approximate surface area is 234 Å². The van der Waals surface area contributed by atoms with Gasteiger partial charge in [0, 0.05) is 5.69 Å². The number of fused-ring (bicyclic) bond motifs is 1. The first-order valence-electron chi connectivity index (χ1n) is 14.4. The molecule has 0 saturated heterocycles. The Morgan fingerprint density at radius 1 is 0.487 bits per heavy atom. The van der Waals surface area contributed by atoms with E-state index in [1.54, 1.807) is 0 Å². The van der Waals surface area contributed by atoms with Crippen LogP contribution in [0, 0.1) is 0 Å². The highest BCUT2D eigenvalue weighted by Crippen LogP contribution is 2.38. The molecule has 1 N–H and O–H groups in total. The minimum absolute atomic E-state index is 0.0241. The van der Waals surface area contributed by atoms with E-state index in [9.17, 15) is 0 Å². The van der Waals surface area contributed by atoms with Crippen molar-refractivity contribution < 1.29 is 0 Å². The molecule has 0 fully saturated rings. The van der Waals surface area contributed by atoms with E-state index < -0.39 is 0 Å². The fourth-order valence-electron chi connectivity index (χ4n) is 5.68. The first-order valence-corrected chi connectivity index (χ1v) is 14.4. The van der Waals surface area contributed by atoms with Crippen molar-refractivity contribution in [2.75, 3.05) is 5.32 Å². The largest absolute Gasteiger partial charge is 0.374 e. The summed E-state index contributed by atoms with van der Waals surface area (Å²) in [6.07, 6.45) is 0. The molecule has 0 aliphatic heterocycles. The second kappa shape index (κ2) is 11.5. The molecular weight excluding hydrogens is 470 g/mol. The summed E-state index contributed by atoms with van der Waals surface area (Å²) in [5.74, 6) is 1.33. The van der Waals surface area contributed by atoms with Gasteiger partial charge in [0.15, 0.2) is 0 Å². The van der Waals surface area contributed by atoms with Crippen LogP contribution >= 0.6 is 0 Å². The van der Waals surface area contributed by atoms with Gasteiger partial charge in [-0.25, -0.2) is 0 Å². The minimum atomic E-state index is 0.0241. The summed E-state index contributed by atoms with van der Waals surface area (Å²) in [4.78, 5) is 0. The molecule has 0 saturated carbocycles. The number of anilines is 1. The van der Waals surface area contributed by atoms with Crippen LogP contribution in [0.4, 0.5) is 5.69 Å². The zero-order chi connectivity index (χ0) is 27.5. The monoisotopic (exact) mass is 511 g/mol. The highest BCUT2D eigenvalue weighted by atomic mass is 14.9. The first-order chi connectivity index (χ1) is 18.8. The van der Waals surface area contributed by atoms with Gasteiger partial charge in [0.25, 0.3) is 0 Å². The van der Waals surface area contributed by atoms with Gasteiger partial charge in [0.05, 0.1) is 6.04 Å². The van der Waals surface area contributed by atoms with Crippen LogP contribution < -0.4 is 5.32 Å². The van der Waals surface area contributed by atoms with Crippen molar-refractivity contribution >= 4 is 16.5 Å². The van der Waals surface area contributed by atoms with E-state index in [2.05, 4.69) is 156 Å². The summed E-state index contributed by atoms with van der Waals surface area (Å²) in [5, 5.41) is 6.65. The van der Waals surface area contributed by atoms with Gasteiger partial charge in [-0.1, -0.05) is 145 Å². The molecule has 0 spiro atoms. The van der Waals surface area contributed by atoms with E-state index in [1.165, 1.54) is 55.4 Å². The predicted molar refractivity (Wildman–Crippen MR) is 170 cm³/mol. The lowest BCUT2D eigenvalue weighted by atomic mass is 9.89. The van der Waals surface area contributed by atoms with Crippen molar-refractivity contribution in [3.8, 4) is 11.1 Å². The molecule has 1 heteroatoms. The Balaban J connectivity index is 1.68. The van der Waals surface area contributed by atoms with Gasteiger partial charge >= 0.3 is 0 Å². The van der Waals surface area contributed by atoms with Crippen molar-refractivity contribution in [3.63, 3.8) is 0 Å². The maximum Gasteiger partial charge on any atom is 0.0768 e. The molecule has 0 aromatic heterocycles. The van der Waals surface area contributed by atoms with Gasteiger partial charge in [-0.05, 0) is 73.5 Å². The molecule has 1 unspecified atom stereocenters. The Hall–Kier alpha value is -3.84. The summed E-state index contributed by atoms with van der Waals surface area (Å²) in [6, 6.07) is 40.3. The average Bonchev–Trinajstić information content (AvgIpc) is 2.95. The van der Waals surface area contributed by atoms with Crippen LogP contribution in [0.1, 0.15) is 93.2 Å². The predicted octanol–water partition coefficient (Wildman–Crippen LogP) is 11.1. The summed E-state index contributed by atoms with van der Waals surface area (Å²) < 4.78 is 0. The number of rotatable bonds is 8. The van der Waals surface area contributed by atoms with Crippen LogP contribution in [0.3, 0.4) is 0 Å². The second-order valence-corrected chi connectivity index (χ2v) is 11.7. The maximum atomic E-state index is 4.09. The molecule has 1 atom stereocenters. The van der Waals surface area contributed by atoms with E-state index >= 15 is 0 Å². The van der Waals surface area contributed by atoms with Crippen LogP contribution in [0.2, 0.25) is 0 Å². The Morgan fingerprint density at radius 3 is 1.74 bits per heavy atom. The number of hydrogen-bond donors (Lipinski definition) is 1. The molecule has 0 bridgehead atoms. The van der Waals surface area contributed by atoms with E-state index in [0.717, 1.165) is 0 Å². The van der Waals surface area contributed by atoms with Crippen LogP contribution in [-0.4, -0.2) is 0 Å². The van der Waals surface area contributed by atoms with E-state index in [1.807, 2.05) is 0 Å². The van der Waals surface area contributed by atoms with Gasteiger partial charge in [-0.2, -0.15) is 0 Å². The fraction of sp³-hybridized carbons (Fsp3) is 0.263. The summed E-state index contributed by atoms with van der Waals surface area (Å²) in [6.45, 7) is 13.7. The van der Waals surface area contributed by atoms with Crippen LogP contribution in [-0.2, 0) is 0 Å². The van der Waals surface area contributed by atoms with Crippen molar-refractivity contribution in [2.24, 2.45) is 0 Å². The van der Waals surface area contributed by atoms with Gasteiger partial charge in [-0.3, -0.25) is 0 Å². The standard InChI is InChI=1S/C38H41N/c1-25(2)29-15-9-17-31(23-29)37(39-38-33(26(3)4)20-12-21-34(38)27(5)6)32-18-10-16-30(24-32)36-22-11-14-28-13-7-8-19-35(28)36/h7-27,37,39H,1-6H3. The van der Waals surface area contributed by atoms with Crippen molar-refractivity contribution in [3.05, 3.63) is 137 Å². The Kier molecular flexibility index (Phi) is 7.89. The van der Waals surface area contributed by atoms with Crippen LogP contribution in [0.15, 0.2) is 109 Å². The number of nitrogens with one attached hydrogen (secondary N) is 1. The van der Waals surface area contributed by atoms with Gasteiger partial charge in [0.2, 0.25) is 0 Å². The van der Waals surface area contributed by atoms with E-state index in [-0.39, 0.29) is 6.04 Å². The molecule has 0 heterocycles. The molecule has 5 aromatic carbocycles. The topological polar surface area (TPSA) is 12.0 Å². The smallest absolute Gasteiger partial charge is 0.0768 e. The lowest BCUT2D eigenvalue weighted by Gasteiger charge is -2.28. The lowest BCUT2D eigenvalue weighted by molar-refractivity contribution is 0.818. The van der Waals surface area contributed by atoms with E-state index in [0.29, 0.717) is 17.8 Å². The quantitative estimate of drug-likeness (QED) is 0.218. The highest BCUT2D eigenvalue weighted by molar-refractivity contribution is 5.96. The van der Waals surface area contributed by atoms with Gasteiger partial charge in [0.1, 0.15) is 0 Å². The average molecular weight is 512 g/mol. The van der Waals surface area contributed by atoms with Crippen LogP contribution in [0.5, 0.6) is 0 Å². The summed E-state index contributed by atoms with van der Waals surface area (Å²) in [5.41, 5.74) is 10.5. The zero-order valence-electron chi connectivity index (χ0n) is 24.2. The maximum absolute atomic E-state index is 4.09. The van der Waals surface area contributed by atoms with Gasteiger partial charge in [-0.15, -0.1) is 0 Å². The first kappa shape index (κ1) is 26.8. The number of hydrogen-bond acceptors (Lipinski definition) is 1. The molecule has 0 radical (unpaired) electrons. The molecule has 198 valence electrons. The van der Waals surface area contributed by atoms with Gasteiger partial charge < -0.3 is 5.32 Å². The summed E-state index contributed by atoms with van der Waals surface area (Å²) >= 11 is 0. The normalized spacial score (nSPS) is 12.4. The number of benzene rings is 5. The molecule has 39 heavy (non-hydrogen) atoms. The molecule has 5 rings (SSSR count). The number of para-hydroxylation sites is 1. The third-order valence-electron chi connectivity index (χ3n) is 7.89. The highest BCUT2D eigenvalue weighted by Gasteiger charge is 2.21. The minimum Gasteiger partial charge on any atom is -0.374 e. The lowest BCUT2D eigenvalue weighted by Crippen LogP contribution is -2.16. The molecule has 0 amide bonds. The van der Waals surface area contributed by atoms with E-state index in [4.69, 9.17) is 0 Å². The van der Waals surface area contributed by atoms with Crippen molar-refractivity contribution in [1.29, 1.82) is 0 Å². The third-order valence-corrected chi connectivity index (χ3v) is 7.89. The van der Waals surface area contributed by atoms with Crippen molar-refractivity contribution in [2.45, 2.75) is 65.3 Å². The Morgan fingerprint density at radius 2 is 1.05 bits per heavy atom. The molecular formula is C38H41N. The van der Waals surface area contributed by atoms with Crippen LogP contribution in [0.25, 0.3) is 21.9 Å². The SMILES string of the molecule is CC(C)c1cccc(C(Nc2c(C(C)C)cccc2C(C)C)c2cccc(-c3cccc4ccccc34)c2)c1. The van der Waals surface area contributed by atoms with Crippen molar-refractivity contribution in [1.82, 2.24) is 0 Å². The molecule has 1 nitrogen and oxygen atoms in total. The molecule has 5 aromatic rings. The fourth-order valence-corrected chi connectivity index (χ4v) is 5.68. The third kappa shape index (κ3) is 5.64. The summed E-state index contributed by atoms with van der Waals surface area (Å²) in [7, 11) is 0. The second-order valence-electron chi connectivity index (χ2n) is 11.7.